The number of thiophene rings is 1. The number of esters is 1. The van der Waals surface area contributed by atoms with Crippen molar-refractivity contribution in [1.29, 1.82) is 0 Å². The van der Waals surface area contributed by atoms with E-state index < -0.39 is 0 Å². The Balaban J connectivity index is 1.64. The highest BCUT2D eigenvalue weighted by atomic mass is 32.1. The number of ether oxygens (including phenoxy) is 3. The maximum absolute atomic E-state index is 12.7. The molecule has 0 unspecified atom stereocenters. The molecule has 0 radical (unpaired) electrons. The summed E-state index contributed by atoms with van der Waals surface area (Å²) in [5, 5.41) is 3.58. The Labute approximate surface area is 194 Å². The molecule has 0 atom stereocenters. The van der Waals surface area contributed by atoms with E-state index in [-0.39, 0.29) is 11.9 Å². The highest BCUT2D eigenvalue weighted by molar-refractivity contribution is 7.17. The molecule has 7 heteroatoms. The normalized spacial score (nSPS) is 12.3. The smallest absolute Gasteiger partial charge is 0.341 e. The Hall–Kier alpha value is -2.54. The minimum absolute atomic E-state index is 0.114. The van der Waals surface area contributed by atoms with Gasteiger partial charge in [0.1, 0.15) is 5.00 Å². The van der Waals surface area contributed by atoms with Gasteiger partial charge in [0, 0.05) is 11.3 Å². The molecule has 174 valence electrons. The summed E-state index contributed by atoms with van der Waals surface area (Å²) in [6.07, 6.45) is 5.81. The molecule has 0 saturated carbocycles. The molecule has 0 saturated heterocycles. The fourth-order valence-electron chi connectivity index (χ4n) is 3.78. The predicted molar refractivity (Wildman–Crippen MR) is 127 cm³/mol. The topological polar surface area (TPSA) is 73.9 Å². The number of rotatable bonds is 12. The van der Waals surface area contributed by atoms with Crippen LogP contribution in [0.25, 0.3) is 0 Å². The zero-order valence-corrected chi connectivity index (χ0v) is 20.1. The van der Waals surface area contributed by atoms with Crippen LogP contribution in [0.1, 0.15) is 72.8 Å². The third-order valence-electron chi connectivity index (χ3n) is 5.36. The number of fused-ring (bicyclic) bond motifs is 1. The van der Waals surface area contributed by atoms with Gasteiger partial charge in [-0.2, -0.15) is 0 Å². The number of hydrogen-bond acceptors (Lipinski definition) is 6. The van der Waals surface area contributed by atoms with E-state index in [1.807, 2.05) is 25.1 Å². The first kappa shape index (κ1) is 24.1. The first-order valence-electron chi connectivity index (χ1n) is 11.6. The van der Waals surface area contributed by atoms with E-state index in [0.29, 0.717) is 49.0 Å². The number of benzene rings is 1. The van der Waals surface area contributed by atoms with E-state index >= 15 is 0 Å². The molecule has 1 aliphatic carbocycles. The quantitative estimate of drug-likeness (QED) is 0.332. The van der Waals surface area contributed by atoms with E-state index in [9.17, 15) is 9.59 Å². The van der Waals surface area contributed by atoms with Crippen LogP contribution >= 0.6 is 11.3 Å². The van der Waals surface area contributed by atoms with Crippen molar-refractivity contribution in [2.45, 2.75) is 65.7 Å². The van der Waals surface area contributed by atoms with Crippen LogP contribution in [0, 0.1) is 0 Å². The van der Waals surface area contributed by atoms with Gasteiger partial charge in [-0.3, -0.25) is 4.79 Å². The van der Waals surface area contributed by atoms with E-state index in [0.717, 1.165) is 49.0 Å². The summed E-state index contributed by atoms with van der Waals surface area (Å²) in [6.45, 7) is 7.38. The van der Waals surface area contributed by atoms with E-state index in [2.05, 4.69) is 12.2 Å². The van der Waals surface area contributed by atoms with E-state index in [1.54, 1.807) is 6.92 Å². The molecule has 32 heavy (non-hydrogen) atoms. The average molecular weight is 460 g/mol. The van der Waals surface area contributed by atoms with Crippen LogP contribution in [0.5, 0.6) is 11.5 Å². The van der Waals surface area contributed by atoms with Gasteiger partial charge in [0.2, 0.25) is 5.91 Å². The highest BCUT2D eigenvalue weighted by Gasteiger charge is 2.28. The molecule has 1 amide bonds. The molecule has 0 fully saturated rings. The van der Waals surface area contributed by atoms with Crippen molar-refractivity contribution in [3.63, 3.8) is 0 Å². The lowest BCUT2D eigenvalue weighted by Crippen LogP contribution is -2.15. The second kappa shape index (κ2) is 11.9. The van der Waals surface area contributed by atoms with Crippen LogP contribution in [-0.4, -0.2) is 31.7 Å². The molecule has 6 nitrogen and oxygen atoms in total. The Morgan fingerprint density at radius 2 is 1.91 bits per heavy atom. The fraction of sp³-hybridized carbons (Fsp3) is 0.520. The van der Waals surface area contributed by atoms with Crippen LogP contribution in [-0.2, 0) is 28.8 Å². The summed E-state index contributed by atoms with van der Waals surface area (Å²) in [5.41, 5.74) is 2.60. The molecular weight excluding hydrogens is 426 g/mol. The van der Waals surface area contributed by atoms with E-state index in [1.165, 1.54) is 16.2 Å². The molecule has 1 aromatic carbocycles. The Kier molecular flexibility index (Phi) is 8.97. The molecule has 3 rings (SSSR count). The second-order valence-electron chi connectivity index (χ2n) is 7.75. The Morgan fingerprint density at radius 3 is 2.66 bits per heavy atom. The van der Waals surface area contributed by atoms with Gasteiger partial charge in [-0.1, -0.05) is 19.4 Å². The van der Waals surface area contributed by atoms with Gasteiger partial charge < -0.3 is 19.5 Å². The second-order valence-corrected chi connectivity index (χ2v) is 8.85. The standard InChI is InChI=1S/C25H33NO5S/c1-4-7-15-31-19-13-11-17(16-20(19)29-5-2)12-14-22(27)26-24-23(25(28)30-6-3)18-9-8-10-21(18)32-24/h11,13,16H,4-10,12,14-15H2,1-3H3,(H,26,27). The van der Waals surface area contributed by atoms with Crippen molar-refractivity contribution in [2.75, 3.05) is 25.1 Å². The molecule has 1 aromatic heterocycles. The number of aryl methyl sites for hydroxylation is 2. The summed E-state index contributed by atoms with van der Waals surface area (Å²) < 4.78 is 16.8. The summed E-state index contributed by atoms with van der Waals surface area (Å²) in [4.78, 5) is 26.3. The number of carbonyl (C=O) groups is 2. The van der Waals surface area contributed by atoms with Crippen LogP contribution < -0.4 is 14.8 Å². The number of anilines is 1. The van der Waals surface area contributed by atoms with Gasteiger partial charge in [-0.25, -0.2) is 4.79 Å². The highest BCUT2D eigenvalue weighted by Crippen LogP contribution is 2.39. The van der Waals surface area contributed by atoms with Gasteiger partial charge in [0.05, 0.1) is 25.4 Å². The average Bonchev–Trinajstić information content (AvgIpc) is 3.35. The molecule has 0 aliphatic heterocycles. The third-order valence-corrected chi connectivity index (χ3v) is 6.57. The molecule has 2 aromatic rings. The summed E-state index contributed by atoms with van der Waals surface area (Å²) in [5.74, 6) is 0.986. The van der Waals surface area contributed by atoms with Gasteiger partial charge in [-0.05, 0) is 69.2 Å². The van der Waals surface area contributed by atoms with Gasteiger partial charge in [-0.15, -0.1) is 11.3 Å². The fourth-order valence-corrected chi connectivity index (χ4v) is 5.07. The summed E-state index contributed by atoms with van der Waals surface area (Å²) >= 11 is 1.50. The monoisotopic (exact) mass is 459 g/mol. The summed E-state index contributed by atoms with van der Waals surface area (Å²) in [7, 11) is 0. The lowest BCUT2D eigenvalue weighted by atomic mass is 10.1. The van der Waals surface area contributed by atoms with Crippen LogP contribution in [0.4, 0.5) is 5.00 Å². The number of carbonyl (C=O) groups excluding carboxylic acids is 2. The van der Waals surface area contributed by atoms with Crippen molar-refractivity contribution >= 4 is 28.2 Å². The molecular formula is C25H33NO5S. The van der Waals surface area contributed by atoms with Gasteiger partial charge in [0.25, 0.3) is 0 Å². The van der Waals surface area contributed by atoms with Crippen LogP contribution in [0.2, 0.25) is 0 Å². The van der Waals surface area contributed by atoms with E-state index in [4.69, 9.17) is 14.2 Å². The summed E-state index contributed by atoms with van der Waals surface area (Å²) in [6, 6.07) is 5.83. The first-order valence-corrected chi connectivity index (χ1v) is 12.4. The maximum atomic E-state index is 12.7. The van der Waals surface area contributed by atoms with Gasteiger partial charge >= 0.3 is 5.97 Å². The molecule has 1 N–H and O–H groups in total. The van der Waals surface area contributed by atoms with Gasteiger partial charge in [0.15, 0.2) is 11.5 Å². The van der Waals surface area contributed by atoms with Crippen molar-refractivity contribution in [1.82, 2.24) is 0 Å². The lowest BCUT2D eigenvalue weighted by Gasteiger charge is -2.13. The lowest BCUT2D eigenvalue weighted by molar-refractivity contribution is -0.116. The van der Waals surface area contributed by atoms with Crippen LogP contribution in [0.3, 0.4) is 0 Å². The number of hydrogen-bond donors (Lipinski definition) is 1. The molecule has 1 heterocycles. The number of nitrogens with one attached hydrogen (secondary N) is 1. The Bertz CT molecular complexity index is 937. The number of unbranched alkanes of at least 4 members (excludes halogenated alkanes) is 1. The molecule has 0 bridgehead atoms. The minimum Gasteiger partial charge on any atom is -0.490 e. The maximum Gasteiger partial charge on any atom is 0.341 e. The van der Waals surface area contributed by atoms with Crippen molar-refractivity contribution in [3.05, 3.63) is 39.8 Å². The third kappa shape index (κ3) is 6.03. The number of amides is 1. The van der Waals surface area contributed by atoms with Crippen molar-refractivity contribution < 1.29 is 23.8 Å². The van der Waals surface area contributed by atoms with Crippen LogP contribution in [0.15, 0.2) is 18.2 Å². The largest absolute Gasteiger partial charge is 0.490 e. The minimum atomic E-state index is -0.345. The van der Waals surface area contributed by atoms with Crippen molar-refractivity contribution in [3.8, 4) is 11.5 Å². The molecule has 1 aliphatic rings. The SMILES string of the molecule is CCCCOc1ccc(CCC(=O)Nc2sc3c(c2C(=O)OCC)CCC3)cc1OCC. The zero-order valence-electron chi connectivity index (χ0n) is 19.3. The Morgan fingerprint density at radius 1 is 1.06 bits per heavy atom. The predicted octanol–water partition coefficient (Wildman–Crippen LogP) is 5.56. The zero-order chi connectivity index (χ0) is 22.9. The molecule has 0 spiro atoms. The van der Waals surface area contributed by atoms with Crippen molar-refractivity contribution in [2.24, 2.45) is 0 Å². The first-order chi connectivity index (χ1) is 15.6.